The van der Waals surface area contributed by atoms with Crippen LogP contribution in [0.2, 0.25) is 0 Å². The van der Waals surface area contributed by atoms with E-state index in [-0.39, 0.29) is 18.5 Å². The molecule has 1 aliphatic heterocycles. The Kier molecular flexibility index (Phi) is 5.23. The number of amides is 2. The molecule has 20 heavy (non-hydrogen) atoms. The van der Waals surface area contributed by atoms with Crippen LogP contribution in [0.1, 0.15) is 39.0 Å². The third-order valence-corrected chi connectivity index (χ3v) is 4.25. The molecule has 2 rings (SSSR count). The molecule has 2 aliphatic rings. The van der Waals surface area contributed by atoms with Crippen LogP contribution in [0.3, 0.4) is 0 Å². The molecule has 6 heteroatoms. The standard InChI is InChI=1S/C14H24N2O4/c1-10-4-2-3-5-12(10)15-14(19)16-6-7-20-11(9-16)8-13(17)18/h10-12H,2-9H2,1H3,(H,15,19)(H,17,18). The predicted octanol–water partition coefficient (Wildman–Crippen LogP) is 1.45. The van der Waals surface area contributed by atoms with Crippen molar-refractivity contribution in [2.24, 2.45) is 5.92 Å². The average Bonchev–Trinajstić information content (AvgIpc) is 2.41. The zero-order valence-corrected chi connectivity index (χ0v) is 12.0. The van der Waals surface area contributed by atoms with E-state index in [0.717, 1.165) is 12.8 Å². The van der Waals surface area contributed by atoms with E-state index in [1.54, 1.807) is 4.90 Å². The van der Waals surface area contributed by atoms with Crippen molar-refractivity contribution in [2.45, 2.75) is 51.2 Å². The minimum Gasteiger partial charge on any atom is -0.481 e. The van der Waals surface area contributed by atoms with Crippen molar-refractivity contribution in [3.05, 3.63) is 0 Å². The van der Waals surface area contributed by atoms with E-state index in [1.165, 1.54) is 12.8 Å². The fraction of sp³-hybridized carbons (Fsp3) is 0.857. The highest BCUT2D eigenvalue weighted by Gasteiger charge is 2.29. The Morgan fingerprint density at radius 2 is 2.10 bits per heavy atom. The Morgan fingerprint density at radius 3 is 2.80 bits per heavy atom. The summed E-state index contributed by atoms with van der Waals surface area (Å²) in [5.41, 5.74) is 0. The van der Waals surface area contributed by atoms with Crippen LogP contribution in [0.4, 0.5) is 4.79 Å². The van der Waals surface area contributed by atoms with E-state index in [9.17, 15) is 9.59 Å². The lowest BCUT2D eigenvalue weighted by Crippen LogP contribution is -2.53. The van der Waals surface area contributed by atoms with Crippen LogP contribution in [0.25, 0.3) is 0 Å². The van der Waals surface area contributed by atoms with Gasteiger partial charge in [0.15, 0.2) is 0 Å². The zero-order chi connectivity index (χ0) is 14.5. The molecule has 114 valence electrons. The molecule has 1 saturated heterocycles. The number of hydrogen-bond acceptors (Lipinski definition) is 3. The molecule has 0 radical (unpaired) electrons. The maximum absolute atomic E-state index is 12.3. The Labute approximate surface area is 119 Å². The Morgan fingerprint density at radius 1 is 1.35 bits per heavy atom. The first-order valence-electron chi connectivity index (χ1n) is 7.45. The van der Waals surface area contributed by atoms with E-state index in [0.29, 0.717) is 25.6 Å². The summed E-state index contributed by atoms with van der Waals surface area (Å²) in [6.45, 7) is 3.48. The van der Waals surface area contributed by atoms with E-state index in [4.69, 9.17) is 9.84 Å². The molecule has 3 unspecified atom stereocenters. The second kappa shape index (κ2) is 6.92. The molecule has 0 bridgehead atoms. The van der Waals surface area contributed by atoms with Gasteiger partial charge in [0, 0.05) is 19.1 Å². The predicted molar refractivity (Wildman–Crippen MR) is 73.5 cm³/mol. The molecule has 3 atom stereocenters. The van der Waals surface area contributed by atoms with Gasteiger partial charge in [-0.15, -0.1) is 0 Å². The Balaban J connectivity index is 1.83. The summed E-state index contributed by atoms with van der Waals surface area (Å²) >= 11 is 0. The van der Waals surface area contributed by atoms with Gasteiger partial charge in [0.1, 0.15) is 0 Å². The highest BCUT2D eigenvalue weighted by atomic mass is 16.5. The maximum atomic E-state index is 12.3. The molecule has 1 heterocycles. The first kappa shape index (κ1) is 15.1. The van der Waals surface area contributed by atoms with Gasteiger partial charge in [0.25, 0.3) is 0 Å². The first-order valence-corrected chi connectivity index (χ1v) is 7.45. The van der Waals surface area contributed by atoms with Crippen LogP contribution >= 0.6 is 0 Å². The van der Waals surface area contributed by atoms with Gasteiger partial charge in [0.05, 0.1) is 19.1 Å². The lowest BCUT2D eigenvalue weighted by atomic mass is 9.86. The van der Waals surface area contributed by atoms with Crippen LogP contribution in [-0.4, -0.2) is 53.8 Å². The topological polar surface area (TPSA) is 78.9 Å². The number of carboxylic acids is 1. The molecule has 1 aliphatic carbocycles. The summed E-state index contributed by atoms with van der Waals surface area (Å²) < 4.78 is 5.38. The fourth-order valence-corrected chi connectivity index (χ4v) is 3.00. The maximum Gasteiger partial charge on any atom is 0.317 e. The van der Waals surface area contributed by atoms with Crippen molar-refractivity contribution in [3.63, 3.8) is 0 Å². The van der Waals surface area contributed by atoms with E-state index >= 15 is 0 Å². The molecule has 2 N–H and O–H groups in total. The Hall–Kier alpha value is -1.30. The molecule has 0 spiro atoms. The molecular formula is C14H24N2O4. The van der Waals surface area contributed by atoms with Gasteiger partial charge in [-0.25, -0.2) is 4.79 Å². The molecule has 2 amide bonds. The number of carboxylic acid groups (broad SMARTS) is 1. The fourth-order valence-electron chi connectivity index (χ4n) is 3.00. The number of carbonyl (C=O) groups is 2. The third kappa shape index (κ3) is 4.10. The number of rotatable bonds is 3. The minimum atomic E-state index is -0.891. The molecule has 6 nitrogen and oxygen atoms in total. The van der Waals surface area contributed by atoms with Gasteiger partial charge in [-0.1, -0.05) is 19.8 Å². The highest BCUT2D eigenvalue weighted by Crippen LogP contribution is 2.24. The van der Waals surface area contributed by atoms with Gasteiger partial charge in [-0.3, -0.25) is 4.79 Å². The lowest BCUT2D eigenvalue weighted by molar-refractivity contribution is -0.141. The number of hydrogen-bond donors (Lipinski definition) is 2. The smallest absolute Gasteiger partial charge is 0.317 e. The summed E-state index contributed by atoms with van der Waals surface area (Å²) in [6.07, 6.45) is 4.16. The second-order valence-electron chi connectivity index (χ2n) is 5.85. The monoisotopic (exact) mass is 284 g/mol. The summed E-state index contributed by atoms with van der Waals surface area (Å²) in [4.78, 5) is 24.6. The summed E-state index contributed by atoms with van der Waals surface area (Å²) in [5, 5.41) is 11.9. The SMILES string of the molecule is CC1CCCCC1NC(=O)N1CCOC(CC(=O)O)C1. The van der Waals surface area contributed by atoms with Crippen LogP contribution < -0.4 is 5.32 Å². The van der Waals surface area contributed by atoms with Gasteiger partial charge >= 0.3 is 12.0 Å². The number of ether oxygens (including phenoxy) is 1. The lowest BCUT2D eigenvalue weighted by Gasteiger charge is -2.35. The van der Waals surface area contributed by atoms with Crippen LogP contribution in [0, 0.1) is 5.92 Å². The van der Waals surface area contributed by atoms with Crippen LogP contribution in [0.5, 0.6) is 0 Å². The number of urea groups is 1. The van der Waals surface area contributed by atoms with Gasteiger partial charge < -0.3 is 20.1 Å². The third-order valence-electron chi connectivity index (χ3n) is 4.25. The molecule has 0 aromatic heterocycles. The first-order chi connectivity index (χ1) is 9.56. The Bertz CT molecular complexity index is 361. The molecule has 2 fully saturated rings. The van der Waals surface area contributed by atoms with Gasteiger partial charge in [-0.05, 0) is 18.8 Å². The second-order valence-corrected chi connectivity index (χ2v) is 5.85. The quantitative estimate of drug-likeness (QED) is 0.822. The normalized spacial score (nSPS) is 30.9. The summed E-state index contributed by atoms with van der Waals surface area (Å²) in [5.74, 6) is -0.373. The van der Waals surface area contributed by atoms with Crippen molar-refractivity contribution in [1.29, 1.82) is 0 Å². The van der Waals surface area contributed by atoms with Crippen molar-refractivity contribution in [3.8, 4) is 0 Å². The van der Waals surface area contributed by atoms with Crippen LogP contribution in [-0.2, 0) is 9.53 Å². The van der Waals surface area contributed by atoms with E-state index in [2.05, 4.69) is 12.2 Å². The van der Waals surface area contributed by atoms with E-state index in [1.807, 2.05) is 0 Å². The zero-order valence-electron chi connectivity index (χ0n) is 12.0. The van der Waals surface area contributed by atoms with Crippen molar-refractivity contribution in [1.82, 2.24) is 10.2 Å². The van der Waals surface area contributed by atoms with Crippen molar-refractivity contribution in [2.75, 3.05) is 19.7 Å². The van der Waals surface area contributed by atoms with Gasteiger partial charge in [-0.2, -0.15) is 0 Å². The van der Waals surface area contributed by atoms with Gasteiger partial charge in [0.2, 0.25) is 0 Å². The minimum absolute atomic E-state index is 0.0520. The summed E-state index contributed by atoms with van der Waals surface area (Å²) in [7, 11) is 0. The number of nitrogens with one attached hydrogen (secondary N) is 1. The highest BCUT2D eigenvalue weighted by molar-refractivity contribution is 5.75. The van der Waals surface area contributed by atoms with E-state index < -0.39 is 12.1 Å². The molecule has 0 aromatic rings. The molecule has 0 aromatic carbocycles. The van der Waals surface area contributed by atoms with Crippen molar-refractivity contribution < 1.29 is 19.4 Å². The number of morpholine rings is 1. The number of nitrogens with zero attached hydrogens (tertiary/aromatic N) is 1. The average molecular weight is 284 g/mol. The number of carbonyl (C=O) groups excluding carboxylic acids is 1. The summed E-state index contributed by atoms with van der Waals surface area (Å²) in [6, 6.07) is 0.166. The number of aliphatic carboxylic acids is 1. The molecule has 1 saturated carbocycles. The molecular weight excluding hydrogens is 260 g/mol. The largest absolute Gasteiger partial charge is 0.481 e. The van der Waals surface area contributed by atoms with Crippen molar-refractivity contribution >= 4 is 12.0 Å². The van der Waals surface area contributed by atoms with Crippen LogP contribution in [0.15, 0.2) is 0 Å².